The monoisotopic (exact) mass is 402 g/mol. The van der Waals surface area contributed by atoms with Crippen molar-refractivity contribution in [1.29, 1.82) is 0 Å². The maximum atomic E-state index is 12.7. The smallest absolute Gasteiger partial charge is 0.314 e. The highest BCUT2D eigenvalue weighted by molar-refractivity contribution is 6.39. The molecule has 1 saturated carbocycles. The van der Waals surface area contributed by atoms with Crippen molar-refractivity contribution in [3.05, 3.63) is 77.5 Å². The molecule has 0 bridgehead atoms. The van der Waals surface area contributed by atoms with Gasteiger partial charge in [-0.3, -0.25) is 9.59 Å². The van der Waals surface area contributed by atoms with Crippen LogP contribution in [-0.2, 0) is 9.59 Å². The fraction of sp³-hybridized carbons (Fsp3) is 0.292. The molecule has 0 aliphatic heterocycles. The molecular weight excluding hydrogens is 376 g/mol. The fourth-order valence-corrected chi connectivity index (χ4v) is 3.76. The Kier molecular flexibility index (Phi) is 5.65. The van der Waals surface area contributed by atoms with Gasteiger partial charge < -0.3 is 10.6 Å². The Bertz CT molecular complexity index is 1040. The number of benzene rings is 2. The summed E-state index contributed by atoms with van der Waals surface area (Å²) >= 11 is 0. The number of aryl methyl sites for hydroxylation is 2. The fourth-order valence-electron chi connectivity index (χ4n) is 3.76. The second-order valence-electron chi connectivity index (χ2n) is 7.93. The summed E-state index contributed by atoms with van der Waals surface area (Å²) < 4.78 is 1.64. The zero-order valence-corrected chi connectivity index (χ0v) is 17.3. The van der Waals surface area contributed by atoms with Crippen LogP contribution in [0.1, 0.15) is 42.1 Å². The third-order valence-corrected chi connectivity index (χ3v) is 5.62. The van der Waals surface area contributed by atoms with Crippen molar-refractivity contribution < 1.29 is 9.59 Å². The Morgan fingerprint density at radius 2 is 1.70 bits per heavy atom. The third kappa shape index (κ3) is 4.27. The van der Waals surface area contributed by atoms with Crippen LogP contribution in [0.5, 0.6) is 0 Å². The second-order valence-corrected chi connectivity index (χ2v) is 7.93. The number of amides is 2. The van der Waals surface area contributed by atoms with Crippen molar-refractivity contribution in [1.82, 2.24) is 15.1 Å². The lowest BCUT2D eigenvalue weighted by atomic mass is 9.77. The molecule has 1 aliphatic rings. The van der Waals surface area contributed by atoms with E-state index in [1.165, 1.54) is 0 Å². The van der Waals surface area contributed by atoms with Crippen molar-refractivity contribution in [2.75, 3.05) is 5.32 Å². The SMILES string of the molecule is Cc1ccc(-n2nc(C)cc2NC(=O)C(=O)N[C@H](c2ccccc2)C2CCC2)cc1. The van der Waals surface area contributed by atoms with Gasteiger partial charge in [-0.15, -0.1) is 0 Å². The van der Waals surface area contributed by atoms with Gasteiger partial charge in [-0.2, -0.15) is 5.10 Å². The standard InChI is InChI=1S/C24H26N4O2/c1-16-11-13-20(14-12-16)28-21(15-17(2)27-28)25-23(29)24(30)26-22(19-9-6-10-19)18-7-4-3-5-8-18/h3-5,7-8,11-15,19,22H,6,9-10H2,1-2H3,(H,25,29)(H,26,30)/t22-/m1/s1. The highest BCUT2D eigenvalue weighted by atomic mass is 16.2. The van der Waals surface area contributed by atoms with Gasteiger partial charge in [0.15, 0.2) is 0 Å². The quantitative estimate of drug-likeness (QED) is 0.631. The van der Waals surface area contributed by atoms with E-state index in [1.807, 2.05) is 68.4 Å². The van der Waals surface area contributed by atoms with E-state index in [0.29, 0.717) is 11.7 Å². The van der Waals surface area contributed by atoms with Gasteiger partial charge in [-0.05, 0) is 50.3 Å². The Morgan fingerprint density at radius 3 is 2.33 bits per heavy atom. The number of hydrogen-bond donors (Lipinski definition) is 2. The molecule has 1 heterocycles. The van der Waals surface area contributed by atoms with Crippen molar-refractivity contribution in [3.8, 4) is 5.69 Å². The summed E-state index contributed by atoms with van der Waals surface area (Å²) in [6.45, 7) is 3.86. The van der Waals surface area contributed by atoms with Crippen LogP contribution in [0.4, 0.5) is 5.82 Å². The van der Waals surface area contributed by atoms with E-state index >= 15 is 0 Å². The summed E-state index contributed by atoms with van der Waals surface area (Å²) in [4.78, 5) is 25.4. The Balaban J connectivity index is 1.50. The molecule has 1 aliphatic carbocycles. The molecule has 1 atom stereocenters. The van der Waals surface area contributed by atoms with Crippen LogP contribution in [0.15, 0.2) is 60.7 Å². The predicted octanol–water partition coefficient (Wildman–Crippen LogP) is 4.09. The molecule has 2 amide bonds. The number of carbonyl (C=O) groups is 2. The van der Waals surface area contributed by atoms with Crippen LogP contribution < -0.4 is 10.6 Å². The first-order valence-corrected chi connectivity index (χ1v) is 10.3. The molecule has 1 aromatic heterocycles. The molecule has 154 valence electrons. The van der Waals surface area contributed by atoms with Crippen LogP contribution in [0.25, 0.3) is 5.69 Å². The maximum Gasteiger partial charge on any atom is 0.314 e. The van der Waals surface area contributed by atoms with E-state index < -0.39 is 11.8 Å². The predicted molar refractivity (Wildman–Crippen MR) is 116 cm³/mol. The first-order chi connectivity index (χ1) is 14.5. The minimum atomic E-state index is -0.691. The first-order valence-electron chi connectivity index (χ1n) is 10.3. The molecule has 0 unspecified atom stereocenters. The Hall–Kier alpha value is -3.41. The van der Waals surface area contributed by atoms with Crippen LogP contribution in [-0.4, -0.2) is 21.6 Å². The van der Waals surface area contributed by atoms with Gasteiger partial charge >= 0.3 is 11.8 Å². The second kappa shape index (κ2) is 8.53. The normalized spacial score (nSPS) is 14.6. The molecular formula is C24H26N4O2. The molecule has 1 fully saturated rings. The number of hydrogen-bond acceptors (Lipinski definition) is 3. The number of anilines is 1. The van der Waals surface area contributed by atoms with Crippen molar-refractivity contribution in [3.63, 3.8) is 0 Å². The largest absolute Gasteiger partial charge is 0.341 e. The summed E-state index contributed by atoms with van der Waals surface area (Å²) in [5.74, 6) is -0.491. The first kappa shape index (κ1) is 19.9. The average Bonchev–Trinajstić information content (AvgIpc) is 3.07. The molecule has 6 heteroatoms. The molecule has 2 aromatic carbocycles. The molecule has 4 rings (SSSR count). The van der Waals surface area contributed by atoms with E-state index in [0.717, 1.165) is 41.8 Å². The highest BCUT2D eigenvalue weighted by Crippen LogP contribution is 2.37. The minimum Gasteiger partial charge on any atom is -0.341 e. The lowest BCUT2D eigenvalue weighted by Gasteiger charge is -2.34. The number of rotatable bonds is 5. The molecule has 0 radical (unpaired) electrons. The van der Waals surface area contributed by atoms with Gasteiger partial charge in [0.2, 0.25) is 0 Å². The summed E-state index contributed by atoms with van der Waals surface area (Å²) in [7, 11) is 0. The molecule has 0 spiro atoms. The van der Waals surface area contributed by atoms with Crippen molar-refractivity contribution >= 4 is 17.6 Å². The van der Waals surface area contributed by atoms with Crippen molar-refractivity contribution in [2.24, 2.45) is 5.92 Å². The van der Waals surface area contributed by atoms with Crippen LogP contribution in [0.2, 0.25) is 0 Å². The lowest BCUT2D eigenvalue weighted by molar-refractivity contribution is -0.137. The van der Waals surface area contributed by atoms with Gasteiger partial charge in [-0.1, -0.05) is 54.4 Å². The topological polar surface area (TPSA) is 76.0 Å². The number of aromatic nitrogens is 2. The van der Waals surface area contributed by atoms with Gasteiger partial charge in [0.25, 0.3) is 0 Å². The summed E-state index contributed by atoms with van der Waals surface area (Å²) in [6.07, 6.45) is 3.27. The summed E-state index contributed by atoms with van der Waals surface area (Å²) in [5, 5.41) is 10.1. The van der Waals surface area contributed by atoms with E-state index in [4.69, 9.17) is 0 Å². The van der Waals surface area contributed by atoms with Crippen LogP contribution in [0.3, 0.4) is 0 Å². The average molecular weight is 402 g/mol. The number of nitrogens with one attached hydrogen (secondary N) is 2. The van der Waals surface area contributed by atoms with E-state index in [9.17, 15) is 9.59 Å². The third-order valence-electron chi connectivity index (χ3n) is 5.62. The van der Waals surface area contributed by atoms with E-state index in [1.54, 1.807) is 10.7 Å². The number of carbonyl (C=O) groups excluding carboxylic acids is 2. The number of nitrogens with zero attached hydrogens (tertiary/aromatic N) is 2. The molecule has 30 heavy (non-hydrogen) atoms. The van der Waals surface area contributed by atoms with Crippen molar-refractivity contribution in [2.45, 2.75) is 39.2 Å². The van der Waals surface area contributed by atoms with E-state index in [-0.39, 0.29) is 6.04 Å². The molecule has 3 aromatic rings. The minimum absolute atomic E-state index is 0.151. The van der Waals surface area contributed by atoms with Crippen LogP contribution >= 0.6 is 0 Å². The van der Waals surface area contributed by atoms with E-state index in [2.05, 4.69) is 15.7 Å². The Morgan fingerprint density at radius 1 is 1.00 bits per heavy atom. The molecule has 2 N–H and O–H groups in total. The Labute approximate surface area is 176 Å². The van der Waals surface area contributed by atoms with Gasteiger partial charge in [0.1, 0.15) is 5.82 Å². The summed E-state index contributed by atoms with van der Waals surface area (Å²) in [6, 6.07) is 19.3. The zero-order valence-electron chi connectivity index (χ0n) is 17.3. The zero-order chi connectivity index (χ0) is 21.1. The van der Waals surface area contributed by atoms with Gasteiger partial charge in [-0.25, -0.2) is 4.68 Å². The summed E-state index contributed by atoms with van der Waals surface area (Å²) in [5.41, 5.74) is 3.74. The molecule has 6 nitrogen and oxygen atoms in total. The maximum absolute atomic E-state index is 12.7. The molecule has 0 saturated heterocycles. The van der Waals surface area contributed by atoms with Gasteiger partial charge in [0.05, 0.1) is 17.4 Å². The lowest BCUT2D eigenvalue weighted by Crippen LogP contribution is -2.42. The highest BCUT2D eigenvalue weighted by Gasteiger charge is 2.31. The van der Waals surface area contributed by atoms with Gasteiger partial charge in [0, 0.05) is 6.07 Å². The van der Waals surface area contributed by atoms with Crippen LogP contribution in [0, 0.1) is 19.8 Å².